The van der Waals surface area contributed by atoms with Gasteiger partial charge in [0.05, 0.1) is 56.8 Å². The van der Waals surface area contributed by atoms with Gasteiger partial charge < -0.3 is 50.2 Å². The number of morpholine rings is 3. The van der Waals surface area contributed by atoms with E-state index in [0.717, 1.165) is 98.8 Å². The first kappa shape index (κ1) is 45.7. The van der Waals surface area contributed by atoms with Crippen LogP contribution in [0.4, 0.5) is 38.4 Å². The van der Waals surface area contributed by atoms with Crippen LogP contribution in [0.2, 0.25) is 0 Å². The predicted molar refractivity (Wildman–Crippen MR) is 253 cm³/mol. The zero-order valence-corrected chi connectivity index (χ0v) is 38.5. The molecule has 4 N–H and O–H groups in total. The summed E-state index contributed by atoms with van der Waals surface area (Å²) in [4.78, 5) is 77.3. The lowest BCUT2D eigenvalue weighted by molar-refractivity contribution is -0.142. The molecule has 6 aliphatic rings. The van der Waals surface area contributed by atoms with Crippen LogP contribution in [0.25, 0.3) is 22.8 Å². The van der Waals surface area contributed by atoms with Crippen LogP contribution < -0.4 is 36.0 Å². The first-order valence-corrected chi connectivity index (χ1v) is 23.5. The fourth-order valence-corrected chi connectivity index (χ4v) is 8.54. The summed E-state index contributed by atoms with van der Waals surface area (Å²) in [7, 11) is 3.22. The molecule has 67 heavy (non-hydrogen) atoms. The van der Waals surface area contributed by atoms with E-state index in [1.807, 2.05) is 72.5 Å². The minimum Gasteiger partial charge on any atom is -0.378 e. The zero-order valence-electron chi connectivity index (χ0n) is 38.5. The maximum Gasteiger partial charge on any atom is 0.321 e. The van der Waals surface area contributed by atoms with Crippen LogP contribution in [-0.4, -0.2) is 147 Å². The van der Waals surface area contributed by atoms with Gasteiger partial charge in [0.2, 0.25) is 11.8 Å². The fourth-order valence-electron chi connectivity index (χ4n) is 8.54. The summed E-state index contributed by atoms with van der Waals surface area (Å²) in [6.07, 6.45) is 5.47. The van der Waals surface area contributed by atoms with Crippen LogP contribution in [-0.2, 0) is 29.2 Å². The molecule has 3 aliphatic carbocycles. The summed E-state index contributed by atoms with van der Waals surface area (Å²) >= 11 is 0. The van der Waals surface area contributed by atoms with Crippen molar-refractivity contribution in [1.82, 2.24) is 35.5 Å². The molecule has 3 saturated heterocycles. The molecule has 3 aliphatic heterocycles. The molecule has 5 heterocycles. The second-order valence-corrected chi connectivity index (χ2v) is 17.8. The summed E-state index contributed by atoms with van der Waals surface area (Å²) in [6, 6.07) is 18.9. The number of anilines is 5. The second-order valence-electron chi connectivity index (χ2n) is 17.8. The smallest absolute Gasteiger partial charge is 0.321 e. The Morgan fingerprint density at radius 2 is 1.25 bits per heavy atom. The lowest BCUT2D eigenvalue weighted by Gasteiger charge is -2.36. The molecule has 0 radical (unpaired) electrons. The minimum atomic E-state index is -0.606. The van der Waals surface area contributed by atoms with Crippen LogP contribution in [0.3, 0.4) is 0 Å². The summed E-state index contributed by atoms with van der Waals surface area (Å²) in [5, 5.41) is 11.0. The van der Waals surface area contributed by atoms with E-state index in [2.05, 4.69) is 36.1 Å². The van der Waals surface area contributed by atoms with Crippen molar-refractivity contribution < 1.29 is 33.4 Å². The summed E-state index contributed by atoms with van der Waals surface area (Å²) in [6.45, 7) is 9.32. The molecule has 10 rings (SSSR count). The van der Waals surface area contributed by atoms with Gasteiger partial charge in [-0.2, -0.15) is 0 Å². The highest BCUT2D eigenvalue weighted by atomic mass is 16.5. The Bertz CT molecular complexity index is 2420. The highest BCUT2D eigenvalue weighted by Gasteiger charge is 2.55. The third-order valence-corrected chi connectivity index (χ3v) is 12.9. The van der Waals surface area contributed by atoms with Crippen LogP contribution >= 0.6 is 0 Å². The van der Waals surface area contributed by atoms with Gasteiger partial charge in [-0.3, -0.25) is 14.5 Å². The molecule has 1 atom stereocenters. The van der Waals surface area contributed by atoms with E-state index in [0.29, 0.717) is 69.3 Å². The average Bonchev–Trinajstić information content (AvgIpc) is 4.21. The molecule has 19 nitrogen and oxygen atoms in total. The van der Waals surface area contributed by atoms with Crippen molar-refractivity contribution in [1.29, 1.82) is 0 Å². The molecule has 6 amide bonds. The van der Waals surface area contributed by atoms with Gasteiger partial charge in [-0.25, -0.2) is 29.5 Å². The Balaban J connectivity index is 0.000000169. The fraction of sp³-hybridized carbons (Fsp3) is 0.500. The Labute approximate surface area is 390 Å². The highest BCUT2D eigenvalue weighted by Crippen LogP contribution is 2.50. The number of ether oxygens (including phenoxy) is 3. The van der Waals surface area contributed by atoms with Crippen molar-refractivity contribution in [2.75, 3.05) is 112 Å². The van der Waals surface area contributed by atoms with Crippen molar-refractivity contribution in [3.63, 3.8) is 0 Å². The Hall–Kier alpha value is -6.44. The summed E-state index contributed by atoms with van der Waals surface area (Å²) in [5.41, 5.74) is 3.35. The Morgan fingerprint density at radius 1 is 0.672 bits per heavy atom. The molecule has 19 heteroatoms. The van der Waals surface area contributed by atoms with Gasteiger partial charge in [-0.15, -0.1) is 0 Å². The molecule has 0 bridgehead atoms. The third kappa shape index (κ3) is 10.7. The van der Waals surface area contributed by atoms with Gasteiger partial charge in [0.25, 0.3) is 0 Å². The second kappa shape index (κ2) is 20.2. The van der Waals surface area contributed by atoms with E-state index in [4.69, 9.17) is 29.2 Å². The van der Waals surface area contributed by atoms with Crippen molar-refractivity contribution >= 4 is 52.7 Å². The summed E-state index contributed by atoms with van der Waals surface area (Å²) in [5.74, 6) is 3.47. The first-order chi connectivity index (χ1) is 32.6. The highest BCUT2D eigenvalue weighted by molar-refractivity contribution is 5.95. The molecule has 4 aromatic rings. The normalized spacial score (nSPS) is 19.9. The minimum absolute atomic E-state index is 0.0172. The Morgan fingerprint density at radius 3 is 1.81 bits per heavy atom. The number of urea groups is 2. The maximum atomic E-state index is 13.7. The first-order valence-electron chi connectivity index (χ1n) is 23.5. The van der Waals surface area contributed by atoms with Crippen molar-refractivity contribution in [2.45, 2.75) is 62.9 Å². The largest absolute Gasteiger partial charge is 0.378 e. The van der Waals surface area contributed by atoms with Crippen LogP contribution in [0.1, 0.15) is 51.1 Å². The quantitative estimate of drug-likeness (QED) is 0.162. The monoisotopic (exact) mass is 916 g/mol. The topological polar surface area (TPSA) is 209 Å². The molecule has 0 spiro atoms. The lowest BCUT2D eigenvalue weighted by atomic mass is 9.98. The van der Waals surface area contributed by atoms with Crippen molar-refractivity contribution in [3.05, 3.63) is 66.4 Å². The zero-order chi connectivity index (χ0) is 46.5. The van der Waals surface area contributed by atoms with E-state index in [9.17, 15) is 19.2 Å². The molecule has 6 fully saturated rings. The molecule has 354 valence electrons. The molecular formula is C48H60N12O7. The Kier molecular flexibility index (Phi) is 13.8. The number of hydrogen-bond acceptors (Lipinski definition) is 13. The number of aromatic nitrogens is 4. The lowest BCUT2D eigenvalue weighted by Crippen LogP contribution is -2.51. The SMILES string of the molecule is CNC(=O)N(c1ccc(-c2nc(NC(=O)C3CC3)cc(N3CCOCC3)n2)cc1)C1CC1.CNC(=O)Nc1ccc(-c2nc(N3CCOCC3)cc(C3(C(=O)N4CCOC[C@@H]4C)CC3)n2)cc1. The molecule has 2 aromatic heterocycles. The van der Waals surface area contributed by atoms with Crippen molar-refractivity contribution in [2.24, 2.45) is 5.92 Å². The van der Waals surface area contributed by atoms with Gasteiger partial charge >= 0.3 is 12.1 Å². The van der Waals surface area contributed by atoms with Crippen LogP contribution in [0, 0.1) is 5.92 Å². The van der Waals surface area contributed by atoms with E-state index in [-0.39, 0.29) is 41.9 Å². The maximum absolute atomic E-state index is 13.7. The molecule has 3 saturated carbocycles. The number of benzene rings is 2. The standard InChI is InChI=1S/C25H32N6O4.C23H28N6O3/c1-17-16-35-14-11-31(17)23(32)25(7-8-25)20-15-21(30-9-12-34-13-10-30)29-22(28-20)18-3-5-19(6-4-18)27-24(33)26-2;1-24-23(31)29(18-8-9-18)17-6-4-15(5-7-17)21-25-19(26-22(30)16-2-3-16)14-20(27-21)28-10-12-32-13-11-28/h3-6,15,17H,7-14,16H2,1-2H3,(H2,26,27,33);4-7,14,16,18H,2-3,8-13H2,1H3,(H,24,31)(H,25,26,27,30)/t17-;/m0./s1. The van der Waals surface area contributed by atoms with Crippen molar-refractivity contribution in [3.8, 4) is 22.8 Å². The van der Waals surface area contributed by atoms with E-state index < -0.39 is 5.41 Å². The number of amides is 6. The van der Waals surface area contributed by atoms with Gasteiger partial charge in [0.1, 0.15) is 17.5 Å². The number of hydrogen-bond donors (Lipinski definition) is 4. The molecule has 0 unspecified atom stereocenters. The molecular weight excluding hydrogens is 857 g/mol. The van der Waals surface area contributed by atoms with Gasteiger partial charge in [0.15, 0.2) is 11.6 Å². The van der Waals surface area contributed by atoms with Crippen LogP contribution in [0.5, 0.6) is 0 Å². The predicted octanol–water partition coefficient (Wildman–Crippen LogP) is 4.65. The number of rotatable bonds is 11. The number of nitrogens with one attached hydrogen (secondary N) is 4. The van der Waals surface area contributed by atoms with E-state index in [1.54, 1.807) is 19.0 Å². The van der Waals surface area contributed by atoms with Gasteiger partial charge in [-0.05, 0) is 94.0 Å². The van der Waals surface area contributed by atoms with Crippen LogP contribution in [0.15, 0.2) is 60.7 Å². The summed E-state index contributed by atoms with van der Waals surface area (Å²) < 4.78 is 16.5. The van der Waals surface area contributed by atoms with E-state index in [1.165, 1.54) is 0 Å². The van der Waals surface area contributed by atoms with E-state index >= 15 is 0 Å². The van der Waals surface area contributed by atoms with Gasteiger partial charge in [0, 0.05) is 93.4 Å². The number of carbonyl (C=O) groups excluding carboxylic acids is 4. The van der Waals surface area contributed by atoms with Gasteiger partial charge in [-0.1, -0.05) is 0 Å². The molecule has 2 aromatic carbocycles. The third-order valence-electron chi connectivity index (χ3n) is 12.9. The average molecular weight is 917 g/mol. The number of carbonyl (C=O) groups is 4. The number of nitrogens with zero attached hydrogens (tertiary/aromatic N) is 8.